The molecule has 3 N–H and O–H groups in total. The number of nitrogens with one attached hydrogen (secondary N) is 1. The first-order chi connectivity index (χ1) is 9.99. The monoisotopic (exact) mass is 376 g/mol. The van der Waals surface area contributed by atoms with Crippen LogP contribution in [0.5, 0.6) is 5.75 Å². The first-order valence-corrected chi connectivity index (χ1v) is 7.09. The largest absolute Gasteiger partial charge is 0.496 e. The molecule has 0 bridgehead atoms. The Bertz CT molecular complexity index is 670. The number of methoxy groups -OCH3 is 1. The van der Waals surface area contributed by atoms with E-state index in [-0.39, 0.29) is 4.47 Å². The number of ether oxygens (including phenoxy) is 1. The summed E-state index contributed by atoms with van der Waals surface area (Å²) in [6, 6.07) is 6.85. The predicted octanol–water partition coefficient (Wildman–Crippen LogP) is 3.94. The normalized spacial score (nSPS) is 12.3. The number of rotatable bonds is 4. The van der Waals surface area contributed by atoms with E-state index in [1.165, 1.54) is 13.2 Å². The van der Waals surface area contributed by atoms with Gasteiger partial charge in [-0.25, -0.2) is 14.2 Å². The van der Waals surface area contributed by atoms with E-state index in [1.54, 1.807) is 18.2 Å². The van der Waals surface area contributed by atoms with E-state index in [4.69, 9.17) is 22.2 Å². The van der Waals surface area contributed by atoms with Crippen LogP contribution in [0, 0.1) is 11.6 Å². The second-order valence-electron chi connectivity index (χ2n) is 4.25. The van der Waals surface area contributed by atoms with Crippen LogP contribution in [-0.2, 0) is 0 Å². The van der Waals surface area contributed by atoms with Crippen molar-refractivity contribution in [3.05, 3.63) is 62.6 Å². The van der Waals surface area contributed by atoms with Gasteiger partial charge in [0.25, 0.3) is 0 Å². The quantitative estimate of drug-likeness (QED) is 0.482. The fourth-order valence-electron chi connectivity index (χ4n) is 2.04. The van der Waals surface area contributed by atoms with E-state index in [1.807, 2.05) is 0 Å². The fourth-order valence-corrected chi connectivity index (χ4v) is 2.77. The van der Waals surface area contributed by atoms with Gasteiger partial charge in [0.15, 0.2) is 11.6 Å². The van der Waals surface area contributed by atoms with E-state index < -0.39 is 17.7 Å². The van der Waals surface area contributed by atoms with Crippen LogP contribution in [0.15, 0.2) is 34.8 Å². The lowest BCUT2D eigenvalue weighted by atomic mass is 9.98. The third kappa shape index (κ3) is 3.18. The van der Waals surface area contributed by atoms with E-state index in [9.17, 15) is 8.78 Å². The molecule has 0 aliphatic rings. The Morgan fingerprint density at radius 3 is 2.57 bits per heavy atom. The first kappa shape index (κ1) is 16.2. The van der Waals surface area contributed by atoms with Gasteiger partial charge in [0.05, 0.1) is 17.6 Å². The van der Waals surface area contributed by atoms with Crippen molar-refractivity contribution in [3.8, 4) is 5.75 Å². The Labute approximate surface area is 134 Å². The van der Waals surface area contributed by atoms with Gasteiger partial charge in [-0.2, -0.15) is 0 Å². The molecular weight excluding hydrogens is 366 g/mol. The number of benzene rings is 2. The van der Waals surface area contributed by atoms with Gasteiger partial charge < -0.3 is 4.74 Å². The van der Waals surface area contributed by atoms with Gasteiger partial charge in [-0.1, -0.05) is 17.7 Å². The lowest BCUT2D eigenvalue weighted by Crippen LogP contribution is -2.29. The van der Waals surface area contributed by atoms with Crippen molar-refractivity contribution in [2.45, 2.75) is 6.04 Å². The zero-order valence-electron chi connectivity index (χ0n) is 11.0. The zero-order chi connectivity index (χ0) is 15.6. The molecule has 21 heavy (non-hydrogen) atoms. The average molecular weight is 378 g/mol. The van der Waals surface area contributed by atoms with Crippen LogP contribution in [-0.4, -0.2) is 7.11 Å². The Kier molecular flexibility index (Phi) is 5.16. The number of nitrogens with two attached hydrogens (primary N) is 1. The maximum atomic E-state index is 13.7. The van der Waals surface area contributed by atoms with E-state index >= 15 is 0 Å². The summed E-state index contributed by atoms with van der Waals surface area (Å²) in [6.07, 6.45) is 0. The smallest absolute Gasteiger partial charge is 0.173 e. The summed E-state index contributed by atoms with van der Waals surface area (Å²) in [6.45, 7) is 0. The zero-order valence-corrected chi connectivity index (χ0v) is 13.3. The highest BCUT2D eigenvalue weighted by Gasteiger charge is 2.22. The fraction of sp³-hybridized carbons (Fsp3) is 0.143. The molecule has 7 heteroatoms. The summed E-state index contributed by atoms with van der Waals surface area (Å²) in [7, 11) is 1.50. The van der Waals surface area contributed by atoms with Gasteiger partial charge in [-0.3, -0.25) is 5.84 Å². The Balaban J connectivity index is 2.60. The van der Waals surface area contributed by atoms with Crippen molar-refractivity contribution < 1.29 is 13.5 Å². The molecule has 1 atom stereocenters. The van der Waals surface area contributed by atoms with Gasteiger partial charge in [0.1, 0.15) is 5.75 Å². The third-order valence-corrected chi connectivity index (χ3v) is 4.09. The molecule has 3 nitrogen and oxygen atoms in total. The summed E-state index contributed by atoms with van der Waals surface area (Å²) in [5.74, 6) is 4.19. The maximum absolute atomic E-state index is 13.7. The highest BCUT2D eigenvalue weighted by molar-refractivity contribution is 9.10. The minimum Gasteiger partial charge on any atom is -0.496 e. The molecule has 0 aliphatic carbocycles. The van der Waals surface area contributed by atoms with Crippen molar-refractivity contribution in [3.63, 3.8) is 0 Å². The Morgan fingerprint density at radius 1 is 1.24 bits per heavy atom. The molecule has 0 heterocycles. The third-order valence-electron chi connectivity index (χ3n) is 3.05. The van der Waals surface area contributed by atoms with Crippen LogP contribution in [0.1, 0.15) is 17.2 Å². The Morgan fingerprint density at radius 2 is 1.95 bits per heavy atom. The van der Waals surface area contributed by atoms with E-state index in [0.29, 0.717) is 21.9 Å². The molecule has 0 spiro atoms. The van der Waals surface area contributed by atoms with E-state index in [2.05, 4.69) is 21.4 Å². The minimum atomic E-state index is -0.978. The molecule has 0 aliphatic heterocycles. The molecule has 0 radical (unpaired) electrons. The number of halogens is 4. The summed E-state index contributed by atoms with van der Waals surface area (Å²) in [4.78, 5) is 0. The van der Waals surface area contributed by atoms with Crippen molar-refractivity contribution in [1.29, 1.82) is 0 Å². The van der Waals surface area contributed by atoms with Crippen molar-refractivity contribution >= 4 is 27.5 Å². The van der Waals surface area contributed by atoms with Crippen LogP contribution in [0.3, 0.4) is 0 Å². The summed E-state index contributed by atoms with van der Waals surface area (Å²) in [5.41, 5.74) is 3.60. The topological polar surface area (TPSA) is 47.3 Å². The lowest BCUT2D eigenvalue weighted by Gasteiger charge is -2.21. The molecule has 0 saturated carbocycles. The minimum absolute atomic E-state index is 0.00696. The highest BCUT2D eigenvalue weighted by atomic mass is 79.9. The molecule has 0 aromatic heterocycles. The highest BCUT2D eigenvalue weighted by Crippen LogP contribution is 2.36. The lowest BCUT2D eigenvalue weighted by molar-refractivity contribution is 0.404. The molecule has 2 rings (SSSR count). The van der Waals surface area contributed by atoms with Crippen molar-refractivity contribution in [2.75, 3.05) is 7.11 Å². The van der Waals surface area contributed by atoms with Gasteiger partial charge in [0.2, 0.25) is 0 Å². The average Bonchev–Trinajstić information content (AvgIpc) is 2.48. The van der Waals surface area contributed by atoms with Crippen molar-refractivity contribution in [2.24, 2.45) is 5.84 Å². The van der Waals surface area contributed by atoms with Gasteiger partial charge in [-0.15, -0.1) is 0 Å². The van der Waals surface area contributed by atoms with E-state index in [0.717, 1.165) is 6.07 Å². The molecule has 0 saturated heterocycles. The molecular formula is C14H12BrClF2N2O. The van der Waals surface area contributed by atoms with Crippen LogP contribution in [0.2, 0.25) is 5.02 Å². The maximum Gasteiger partial charge on any atom is 0.173 e. The number of hydrogen-bond acceptors (Lipinski definition) is 3. The van der Waals surface area contributed by atoms with Crippen LogP contribution in [0.25, 0.3) is 0 Å². The van der Waals surface area contributed by atoms with Crippen molar-refractivity contribution in [1.82, 2.24) is 5.43 Å². The summed E-state index contributed by atoms with van der Waals surface area (Å²) < 4.78 is 32.2. The number of hydrogen-bond donors (Lipinski definition) is 2. The molecule has 0 fully saturated rings. The molecule has 2 aromatic rings. The van der Waals surface area contributed by atoms with Crippen LogP contribution < -0.4 is 16.0 Å². The van der Waals surface area contributed by atoms with Crippen LogP contribution >= 0.6 is 27.5 Å². The standard InChI is InChI=1S/C14H12BrClF2N2O/c1-21-11-5-2-7(16)6-9(11)14(20-19)8-3-4-10(17)13(18)12(8)15/h2-6,14,20H,19H2,1H3. The van der Waals surface area contributed by atoms with Gasteiger partial charge in [0, 0.05) is 10.6 Å². The summed E-state index contributed by atoms with van der Waals surface area (Å²) >= 11 is 9.04. The van der Waals surface area contributed by atoms with Gasteiger partial charge in [-0.05, 0) is 45.8 Å². The first-order valence-electron chi connectivity index (χ1n) is 5.92. The molecule has 2 aromatic carbocycles. The predicted molar refractivity (Wildman–Crippen MR) is 81.2 cm³/mol. The molecule has 112 valence electrons. The SMILES string of the molecule is COc1ccc(Cl)cc1C(NN)c1ccc(F)c(F)c1Br. The second kappa shape index (κ2) is 6.70. The Hall–Kier alpha value is -1.21. The van der Waals surface area contributed by atoms with Gasteiger partial charge >= 0.3 is 0 Å². The van der Waals surface area contributed by atoms with Crippen LogP contribution in [0.4, 0.5) is 8.78 Å². The molecule has 0 amide bonds. The summed E-state index contributed by atoms with van der Waals surface area (Å²) in [5, 5.41) is 0.477. The second-order valence-corrected chi connectivity index (χ2v) is 5.48. The number of hydrazine groups is 1. The molecule has 1 unspecified atom stereocenters.